The number of hydrogen-bond acceptors (Lipinski definition) is 5. The zero-order chi connectivity index (χ0) is 22.3. The minimum absolute atomic E-state index is 0.357. The Morgan fingerprint density at radius 2 is 1.77 bits per heavy atom. The normalized spacial score (nSPS) is 15.4. The summed E-state index contributed by atoms with van der Waals surface area (Å²) in [6, 6.07) is 17.2. The summed E-state index contributed by atoms with van der Waals surface area (Å²) in [6.45, 7) is 0. The van der Waals surface area contributed by atoms with Gasteiger partial charge < -0.3 is 5.32 Å². The molecule has 1 atom stereocenters. The third-order valence-electron chi connectivity index (χ3n) is 5.44. The summed E-state index contributed by atoms with van der Waals surface area (Å²) < 4.78 is 3.26. The quantitative estimate of drug-likeness (QED) is 0.576. The number of nitrogens with one attached hydrogen (secondary N) is 1. The van der Waals surface area contributed by atoms with Gasteiger partial charge in [-0.15, -0.1) is 11.8 Å². The minimum Gasteiger partial charge on any atom is -0.340 e. The number of aromatic nitrogens is 2. The molecule has 3 aromatic rings. The van der Waals surface area contributed by atoms with E-state index in [-0.39, 0.29) is 5.56 Å². The highest BCUT2D eigenvalue weighted by atomic mass is 35.5. The van der Waals surface area contributed by atoms with Gasteiger partial charge >= 0.3 is 5.69 Å². The Labute approximate surface area is 194 Å². The Balaban J connectivity index is 2.16. The summed E-state index contributed by atoms with van der Waals surface area (Å²) in [4.78, 5) is 26.1. The molecule has 0 bridgehead atoms. The van der Waals surface area contributed by atoms with Gasteiger partial charge in [0.15, 0.2) is 0 Å². The van der Waals surface area contributed by atoms with Crippen molar-refractivity contribution in [3.63, 3.8) is 0 Å². The highest BCUT2D eigenvalue weighted by Gasteiger charge is 2.36. The number of thiocarbonyl (C=S) groups is 1. The molecule has 31 heavy (non-hydrogen) atoms. The molecule has 1 aliphatic heterocycles. The highest BCUT2D eigenvalue weighted by molar-refractivity contribution is 8.23. The largest absolute Gasteiger partial charge is 0.340 e. The summed E-state index contributed by atoms with van der Waals surface area (Å²) in [7, 11) is 3.14. The number of anilines is 1. The van der Waals surface area contributed by atoms with Crippen molar-refractivity contribution < 1.29 is 0 Å². The summed E-state index contributed by atoms with van der Waals surface area (Å²) in [5.41, 5.74) is 3.07. The molecule has 1 N–H and O–H groups in total. The standard InChI is InChI=1S/C23H20ClN3O2S2/c1-26-20-18(21(28)27(2)23(26)29)16(14-10-7-11-15(24)12-14)17(22(30)31-3)19(25-20)13-8-5-4-6-9-13/h4-12,16,25H,1-3H3. The van der Waals surface area contributed by atoms with Gasteiger partial charge in [-0.3, -0.25) is 13.9 Å². The van der Waals surface area contributed by atoms with Crippen LogP contribution in [0, 0.1) is 0 Å². The first-order valence-electron chi connectivity index (χ1n) is 9.55. The van der Waals surface area contributed by atoms with Crippen LogP contribution >= 0.6 is 35.6 Å². The van der Waals surface area contributed by atoms with Crippen molar-refractivity contribution in [1.29, 1.82) is 0 Å². The number of benzene rings is 2. The fourth-order valence-electron chi connectivity index (χ4n) is 3.94. The van der Waals surface area contributed by atoms with E-state index in [1.54, 1.807) is 13.1 Å². The lowest BCUT2D eigenvalue weighted by Gasteiger charge is -2.33. The maximum atomic E-state index is 13.4. The molecule has 2 heterocycles. The Morgan fingerprint density at radius 3 is 2.42 bits per heavy atom. The summed E-state index contributed by atoms with van der Waals surface area (Å²) in [6.07, 6.45) is 1.92. The third-order valence-corrected chi connectivity index (χ3v) is 6.99. The number of rotatable bonds is 3. The van der Waals surface area contributed by atoms with Gasteiger partial charge in [-0.05, 0) is 29.5 Å². The van der Waals surface area contributed by atoms with Crippen LogP contribution in [0.2, 0.25) is 5.02 Å². The highest BCUT2D eigenvalue weighted by Crippen LogP contribution is 2.44. The molecule has 4 rings (SSSR count). The average Bonchev–Trinajstić information content (AvgIpc) is 2.80. The molecule has 0 saturated carbocycles. The lowest BCUT2D eigenvalue weighted by Crippen LogP contribution is -2.43. The fourth-order valence-corrected chi connectivity index (χ4v) is 4.80. The van der Waals surface area contributed by atoms with Crippen LogP contribution < -0.4 is 16.6 Å². The summed E-state index contributed by atoms with van der Waals surface area (Å²) in [5.74, 6) is -0.0137. The molecule has 1 aliphatic rings. The van der Waals surface area contributed by atoms with Crippen molar-refractivity contribution in [1.82, 2.24) is 9.13 Å². The Morgan fingerprint density at radius 1 is 1.06 bits per heavy atom. The molecular weight excluding hydrogens is 450 g/mol. The number of halogens is 1. The van der Waals surface area contributed by atoms with Crippen LogP contribution in [0.25, 0.3) is 5.70 Å². The molecule has 8 heteroatoms. The molecule has 0 spiro atoms. The predicted octanol–water partition coefficient (Wildman–Crippen LogP) is 4.40. The van der Waals surface area contributed by atoms with Crippen molar-refractivity contribution in [2.45, 2.75) is 5.92 Å². The smallest absolute Gasteiger partial charge is 0.332 e. The number of fused-ring (bicyclic) bond motifs is 1. The molecule has 1 aromatic heterocycles. The number of thioether (sulfide) groups is 1. The van der Waals surface area contributed by atoms with Crippen molar-refractivity contribution >= 4 is 51.3 Å². The molecule has 0 amide bonds. The fraction of sp³-hybridized carbons (Fsp3) is 0.174. The molecule has 2 aromatic carbocycles. The topological polar surface area (TPSA) is 56.0 Å². The minimum atomic E-state index is -0.476. The van der Waals surface area contributed by atoms with Gasteiger partial charge in [0, 0.05) is 30.6 Å². The van der Waals surface area contributed by atoms with E-state index in [9.17, 15) is 9.59 Å². The van der Waals surface area contributed by atoms with Crippen LogP contribution in [-0.2, 0) is 14.1 Å². The molecule has 0 fully saturated rings. The van der Waals surface area contributed by atoms with Crippen LogP contribution in [-0.4, -0.2) is 19.6 Å². The van der Waals surface area contributed by atoms with Gasteiger partial charge in [0.25, 0.3) is 5.56 Å². The monoisotopic (exact) mass is 469 g/mol. The summed E-state index contributed by atoms with van der Waals surface area (Å²) in [5, 5.41) is 3.93. The van der Waals surface area contributed by atoms with Gasteiger partial charge in [0.05, 0.1) is 15.5 Å². The van der Waals surface area contributed by atoms with Crippen LogP contribution in [0.1, 0.15) is 22.6 Å². The van der Waals surface area contributed by atoms with Crippen LogP contribution in [0.5, 0.6) is 0 Å². The second-order valence-corrected chi connectivity index (χ2v) is 9.15. The molecular formula is C23H20ClN3O2S2. The van der Waals surface area contributed by atoms with Crippen LogP contribution in [0.15, 0.2) is 69.8 Å². The molecule has 5 nitrogen and oxygen atoms in total. The van der Waals surface area contributed by atoms with E-state index in [1.165, 1.54) is 23.4 Å². The van der Waals surface area contributed by atoms with E-state index in [4.69, 9.17) is 23.8 Å². The van der Waals surface area contributed by atoms with Crippen molar-refractivity contribution in [3.05, 3.63) is 103 Å². The first-order chi connectivity index (χ1) is 14.8. The zero-order valence-corrected chi connectivity index (χ0v) is 19.6. The van der Waals surface area contributed by atoms with Crippen molar-refractivity contribution in [2.24, 2.45) is 14.1 Å². The maximum Gasteiger partial charge on any atom is 0.332 e. The zero-order valence-electron chi connectivity index (χ0n) is 17.2. The number of nitrogens with zero attached hydrogens (tertiary/aromatic N) is 2. The van der Waals surface area contributed by atoms with Crippen molar-refractivity contribution in [3.8, 4) is 0 Å². The first kappa shape index (κ1) is 21.6. The van der Waals surface area contributed by atoms with Crippen LogP contribution in [0.4, 0.5) is 5.82 Å². The van der Waals surface area contributed by atoms with E-state index in [0.717, 1.165) is 27.0 Å². The predicted molar refractivity (Wildman–Crippen MR) is 133 cm³/mol. The first-order valence-corrected chi connectivity index (χ1v) is 11.6. The van der Waals surface area contributed by atoms with Gasteiger partial charge in [0.2, 0.25) is 0 Å². The van der Waals surface area contributed by atoms with Gasteiger partial charge in [-0.1, -0.05) is 66.3 Å². The van der Waals surface area contributed by atoms with Crippen LogP contribution in [0.3, 0.4) is 0 Å². The summed E-state index contributed by atoms with van der Waals surface area (Å²) >= 11 is 13.6. The number of hydrogen-bond donors (Lipinski definition) is 1. The van der Waals surface area contributed by atoms with Gasteiger partial charge in [-0.25, -0.2) is 4.79 Å². The maximum absolute atomic E-state index is 13.4. The molecule has 1 unspecified atom stereocenters. The van der Waals surface area contributed by atoms with E-state index in [2.05, 4.69) is 5.32 Å². The van der Waals surface area contributed by atoms with E-state index >= 15 is 0 Å². The molecule has 0 saturated heterocycles. The molecule has 0 aliphatic carbocycles. The van der Waals surface area contributed by atoms with Gasteiger partial charge in [0.1, 0.15) is 5.82 Å². The third kappa shape index (κ3) is 3.67. The van der Waals surface area contributed by atoms with Crippen molar-refractivity contribution in [2.75, 3.05) is 11.6 Å². The lowest BCUT2D eigenvalue weighted by atomic mass is 9.81. The Kier molecular flexibility index (Phi) is 5.92. The average molecular weight is 470 g/mol. The van der Waals surface area contributed by atoms with Gasteiger partial charge in [-0.2, -0.15) is 0 Å². The second kappa shape index (κ2) is 8.49. The van der Waals surface area contributed by atoms with E-state index < -0.39 is 11.6 Å². The molecule has 158 valence electrons. The molecule has 0 radical (unpaired) electrons. The van der Waals surface area contributed by atoms with E-state index in [1.807, 2.05) is 54.8 Å². The SMILES string of the molecule is CSC(=S)C1=C(c2ccccc2)Nc2c(c(=O)n(C)c(=O)n2C)C1c1cccc(Cl)c1. The van der Waals surface area contributed by atoms with E-state index in [0.29, 0.717) is 20.6 Å². The Hall–Kier alpha value is -2.61. The lowest BCUT2D eigenvalue weighted by molar-refractivity contribution is 0.669. The Bertz CT molecular complexity index is 1340. The second-order valence-electron chi connectivity index (χ2n) is 7.23.